The molecule has 0 amide bonds. The molecule has 7 aromatic rings. The number of carbonyl (C=O) groups is 3. The van der Waals surface area contributed by atoms with E-state index in [-0.39, 0.29) is 51.2 Å². The number of esters is 3. The van der Waals surface area contributed by atoms with Crippen molar-refractivity contribution in [3.63, 3.8) is 0 Å². The average Bonchev–Trinajstić information content (AvgIpc) is 0.722. The molecule has 7 aromatic carbocycles. The molecule has 0 N–H and O–H groups in total. The molecule has 0 aliphatic carbocycles. The maximum Gasteiger partial charge on any atom is 0.343 e. The van der Waals surface area contributed by atoms with E-state index in [9.17, 15) is 0 Å². The predicted molar refractivity (Wildman–Crippen MR) is 543 cm³/mol. The van der Waals surface area contributed by atoms with Crippen LogP contribution >= 0.6 is 0 Å². The molecule has 0 spiro atoms. The van der Waals surface area contributed by atoms with Gasteiger partial charge in [0.15, 0.2) is 69.0 Å². The maximum atomic E-state index is 15.6. The van der Waals surface area contributed by atoms with Crippen molar-refractivity contribution in [2.24, 2.45) is 0 Å². The number of fused-ring (bicyclic) bond motifs is 6. The summed E-state index contributed by atoms with van der Waals surface area (Å²) in [5.74, 6) is 2.85. The van der Waals surface area contributed by atoms with Crippen molar-refractivity contribution in [3.8, 4) is 86.2 Å². The maximum absolute atomic E-state index is 15.6. The lowest BCUT2D eigenvalue weighted by molar-refractivity contribution is 0.0719. The molecule has 18 nitrogen and oxygen atoms in total. The summed E-state index contributed by atoms with van der Waals surface area (Å²) in [6.07, 6.45) is 58.4. The lowest BCUT2D eigenvalue weighted by Gasteiger charge is -2.20. The van der Waals surface area contributed by atoms with Gasteiger partial charge in [-0.1, -0.05) is 351 Å². The van der Waals surface area contributed by atoms with E-state index < -0.39 is 17.9 Å². The SMILES string of the molecule is CCCCCCCCOc1cc(C(=O)Oc2cc3c(cc2OC)c2cc(OC)c(OC(=O)c4cc(OCCCCCCCC)c(OCCCCCCCC)c(OCCCCCCCC)c4)cc2c2cc(OC(=O)c4cc(OCCCCCCCC)c(OCCCCCCCC)c(OCCCCCCCC)c4)c(OC)cc32)cc(OCCCCCCCC)c1OCCCCCCCC. The molecule has 0 aromatic heterocycles. The number of rotatable bonds is 81. The molecular formula is C114H174O18. The van der Waals surface area contributed by atoms with Crippen LogP contribution in [0, 0.1) is 0 Å². The van der Waals surface area contributed by atoms with Crippen molar-refractivity contribution >= 4 is 50.2 Å². The highest BCUT2D eigenvalue weighted by Gasteiger charge is 2.29. The van der Waals surface area contributed by atoms with E-state index in [0.29, 0.717) is 144 Å². The minimum Gasteiger partial charge on any atom is -0.493 e. The van der Waals surface area contributed by atoms with Crippen LogP contribution in [0.5, 0.6) is 86.2 Å². The van der Waals surface area contributed by atoms with Gasteiger partial charge < -0.3 is 71.1 Å². The van der Waals surface area contributed by atoms with Crippen molar-refractivity contribution in [2.45, 2.75) is 409 Å². The van der Waals surface area contributed by atoms with Gasteiger partial charge in [-0.15, -0.1) is 0 Å². The number of methoxy groups -OCH3 is 3. The van der Waals surface area contributed by atoms with Crippen LogP contribution in [0.15, 0.2) is 72.8 Å². The normalized spacial score (nSPS) is 11.4. The number of hydrogen-bond donors (Lipinski definition) is 0. The minimum absolute atomic E-state index is 0.0851. The Morgan fingerprint density at radius 2 is 0.303 bits per heavy atom. The van der Waals surface area contributed by atoms with E-state index in [2.05, 4.69) is 62.3 Å². The van der Waals surface area contributed by atoms with E-state index in [1.807, 2.05) is 18.2 Å². The van der Waals surface area contributed by atoms with E-state index in [1.54, 1.807) is 61.7 Å². The summed E-state index contributed by atoms with van der Waals surface area (Å²) in [4.78, 5) is 46.5. The molecule has 7 rings (SSSR count). The molecule has 0 heterocycles. The van der Waals surface area contributed by atoms with Crippen LogP contribution in [-0.2, 0) is 0 Å². The van der Waals surface area contributed by atoms with Crippen molar-refractivity contribution in [1.82, 2.24) is 0 Å². The van der Waals surface area contributed by atoms with Crippen molar-refractivity contribution < 1.29 is 85.4 Å². The lowest BCUT2D eigenvalue weighted by atomic mass is 9.93. The third-order valence-electron chi connectivity index (χ3n) is 24.9. The number of hydrogen-bond acceptors (Lipinski definition) is 18. The van der Waals surface area contributed by atoms with Gasteiger partial charge in [-0.3, -0.25) is 0 Å². The summed E-state index contributed by atoms with van der Waals surface area (Å²) >= 11 is 0. The lowest BCUT2D eigenvalue weighted by Crippen LogP contribution is -2.13. The predicted octanol–water partition coefficient (Wildman–Crippen LogP) is 33.5. The topological polar surface area (TPSA) is 190 Å². The molecule has 0 aliphatic rings. The molecule has 0 aliphatic heterocycles. The first-order valence-corrected chi connectivity index (χ1v) is 52.9. The van der Waals surface area contributed by atoms with Crippen molar-refractivity contribution in [2.75, 3.05) is 80.8 Å². The Balaban J connectivity index is 1.43. The highest BCUT2D eigenvalue weighted by atomic mass is 16.6. The average molecular weight is 1830 g/mol. The molecule has 0 atom stereocenters. The summed E-state index contributed by atoms with van der Waals surface area (Å²) in [7, 11) is 4.61. The first kappa shape index (κ1) is 110. The Morgan fingerprint density at radius 3 is 0.455 bits per heavy atom. The Kier molecular flexibility index (Phi) is 57.1. The standard InChI is InChI=1S/C114H174O18/c1-13-22-31-40-49-58-67-121-103-76-88(77-104(122-68-59-50-41-32-23-14-2)109(103)127-73-64-55-46-37-28-19-7)112(115)130-100-85-94-91(82-97(100)118-10)92-83-98(119-11)101(131-113(116)89-78-105(123-69-60-51-42-33-24-15-3)110(128-74-65-56-47-38-29-20-8)106(79-89)124-70-61-52-43-34-25-16-4)86-95(92)96-87-102(99(120-12)84-93(94)96)132-114(117)90-80-107(125-71-62-53-44-35-26-17-5)111(129-75-66-57-48-39-30-21-9)108(81-90)126-72-63-54-45-36-27-18-6/h76-87H,13-75H2,1-12H3. The molecule has 0 fully saturated rings. The summed E-state index contributed by atoms with van der Waals surface area (Å²) in [5, 5.41) is 3.59. The first-order valence-electron chi connectivity index (χ1n) is 52.9. The number of benzene rings is 7. The van der Waals surface area contributed by atoms with Gasteiger partial charge in [-0.25, -0.2) is 14.4 Å². The number of ether oxygens (including phenoxy) is 15. The largest absolute Gasteiger partial charge is 0.493 e. The number of unbranched alkanes of at least 4 members (excludes halogenated alkanes) is 45. The van der Waals surface area contributed by atoms with Gasteiger partial charge in [0.2, 0.25) is 17.2 Å². The zero-order valence-electron chi connectivity index (χ0n) is 84.3. The van der Waals surface area contributed by atoms with Crippen LogP contribution in [0.4, 0.5) is 0 Å². The summed E-state index contributed by atoms with van der Waals surface area (Å²) in [5.41, 5.74) is 0.585. The van der Waals surface area contributed by atoms with Crippen LogP contribution in [0.2, 0.25) is 0 Å². The summed E-state index contributed by atoms with van der Waals surface area (Å²) < 4.78 is 99.3. The zero-order chi connectivity index (χ0) is 94.2. The molecule has 0 saturated heterocycles. The Labute approximate surface area is 796 Å². The van der Waals surface area contributed by atoms with Gasteiger partial charge in [0, 0.05) is 0 Å². The highest BCUT2D eigenvalue weighted by molar-refractivity contribution is 6.27. The zero-order valence-corrected chi connectivity index (χ0v) is 84.3. The van der Waals surface area contributed by atoms with Gasteiger partial charge in [-0.05, 0) is 163 Å². The molecule has 18 heteroatoms. The highest BCUT2D eigenvalue weighted by Crippen LogP contribution is 2.50. The Hall–Kier alpha value is -8.67. The fourth-order valence-corrected chi connectivity index (χ4v) is 16.9. The van der Waals surface area contributed by atoms with Gasteiger partial charge in [0.05, 0.1) is 97.5 Å². The van der Waals surface area contributed by atoms with Crippen molar-refractivity contribution in [3.05, 3.63) is 89.5 Å². The van der Waals surface area contributed by atoms with Gasteiger partial charge >= 0.3 is 17.9 Å². The third kappa shape index (κ3) is 39.7. The quantitative estimate of drug-likeness (QED) is 0.0151. The van der Waals surface area contributed by atoms with Crippen LogP contribution in [0.1, 0.15) is 440 Å². The molecule has 132 heavy (non-hydrogen) atoms. The van der Waals surface area contributed by atoms with Crippen LogP contribution in [-0.4, -0.2) is 98.7 Å². The number of carbonyl (C=O) groups excluding carboxylic acids is 3. The second-order valence-corrected chi connectivity index (χ2v) is 36.3. The minimum atomic E-state index is -0.696. The van der Waals surface area contributed by atoms with E-state index >= 15 is 14.4 Å². The van der Waals surface area contributed by atoms with Gasteiger partial charge in [0.25, 0.3) is 0 Å². The van der Waals surface area contributed by atoms with E-state index in [0.717, 1.165) is 238 Å². The third-order valence-corrected chi connectivity index (χ3v) is 24.9. The summed E-state index contributed by atoms with van der Waals surface area (Å²) in [6.45, 7) is 23.9. The Morgan fingerprint density at radius 1 is 0.167 bits per heavy atom. The second kappa shape index (κ2) is 68.3. The molecule has 0 unspecified atom stereocenters. The van der Waals surface area contributed by atoms with Crippen LogP contribution in [0.25, 0.3) is 32.3 Å². The smallest absolute Gasteiger partial charge is 0.343 e. The molecule has 0 saturated carbocycles. The Bertz CT molecular complexity index is 4220. The summed E-state index contributed by atoms with van der Waals surface area (Å²) in [6, 6.07) is 21.1. The van der Waals surface area contributed by atoms with Crippen molar-refractivity contribution in [1.29, 1.82) is 0 Å². The fraction of sp³-hybridized carbons (Fsp3) is 0.658. The monoisotopic (exact) mass is 1830 g/mol. The van der Waals surface area contributed by atoms with Crippen LogP contribution < -0.4 is 71.1 Å². The molecule has 0 radical (unpaired) electrons. The van der Waals surface area contributed by atoms with E-state index in [4.69, 9.17) is 71.1 Å². The second-order valence-electron chi connectivity index (χ2n) is 36.3. The van der Waals surface area contributed by atoms with Crippen LogP contribution in [0.3, 0.4) is 0 Å². The van der Waals surface area contributed by atoms with E-state index in [1.165, 1.54) is 123 Å². The molecular weight excluding hydrogens is 1660 g/mol. The molecule has 0 bridgehead atoms. The fourth-order valence-electron chi connectivity index (χ4n) is 16.9. The van der Waals surface area contributed by atoms with Gasteiger partial charge in [-0.2, -0.15) is 0 Å². The van der Waals surface area contributed by atoms with Gasteiger partial charge in [0.1, 0.15) is 0 Å². The molecule has 738 valence electrons. The first-order chi connectivity index (χ1) is 64.9.